The molecule has 1 fully saturated rings. The summed E-state index contributed by atoms with van der Waals surface area (Å²) in [6.07, 6.45) is 2.02. The van der Waals surface area contributed by atoms with Gasteiger partial charge in [-0.05, 0) is 49.6 Å². The smallest absolute Gasteiger partial charge is 0.117 e. The van der Waals surface area contributed by atoms with E-state index in [1.165, 1.54) is 5.56 Å². The molecule has 0 amide bonds. The molecule has 1 aliphatic rings. The number of furan rings is 1. The van der Waals surface area contributed by atoms with Crippen LogP contribution in [0.3, 0.4) is 0 Å². The Morgan fingerprint density at radius 2 is 2.00 bits per heavy atom. The highest BCUT2D eigenvalue weighted by atomic mass is 35.5. The molecule has 2 heterocycles. The van der Waals surface area contributed by atoms with Gasteiger partial charge in [0.2, 0.25) is 0 Å². The van der Waals surface area contributed by atoms with Crippen molar-refractivity contribution in [1.29, 1.82) is 0 Å². The van der Waals surface area contributed by atoms with Crippen molar-refractivity contribution in [3.8, 4) is 0 Å². The van der Waals surface area contributed by atoms with Crippen LogP contribution in [0.25, 0.3) is 0 Å². The van der Waals surface area contributed by atoms with E-state index in [1.54, 1.807) is 0 Å². The van der Waals surface area contributed by atoms with Gasteiger partial charge in [-0.3, -0.25) is 0 Å². The predicted octanol–water partition coefficient (Wildman–Crippen LogP) is 4.08. The van der Waals surface area contributed by atoms with Gasteiger partial charge in [0.1, 0.15) is 11.5 Å². The fraction of sp³-hybridized carbons (Fsp3) is 0.444. The van der Waals surface area contributed by atoms with Crippen molar-refractivity contribution in [3.05, 3.63) is 58.5 Å². The summed E-state index contributed by atoms with van der Waals surface area (Å²) in [5.74, 6) is 1.93. The van der Waals surface area contributed by atoms with E-state index in [1.807, 2.05) is 31.2 Å². The Kier molecular flexibility index (Phi) is 4.87. The Balaban J connectivity index is 1.72. The fourth-order valence-corrected chi connectivity index (χ4v) is 3.34. The topological polar surface area (TPSA) is 34.4 Å². The molecule has 0 saturated carbocycles. The molecule has 4 heteroatoms. The molecule has 1 N–H and O–H groups in total. The Bertz CT molecular complexity index is 617. The Labute approximate surface area is 136 Å². The molecule has 0 unspecified atom stereocenters. The van der Waals surface area contributed by atoms with Gasteiger partial charge in [-0.15, -0.1) is 0 Å². The van der Waals surface area contributed by atoms with Crippen LogP contribution in [0, 0.1) is 6.92 Å². The molecule has 3 rings (SSSR count). The maximum atomic E-state index is 6.19. The molecule has 1 aliphatic heterocycles. The average molecular weight is 320 g/mol. The van der Waals surface area contributed by atoms with E-state index < -0.39 is 0 Å². The molecule has 2 aromatic rings. The van der Waals surface area contributed by atoms with Crippen LogP contribution in [-0.4, -0.2) is 19.8 Å². The van der Waals surface area contributed by atoms with Crippen molar-refractivity contribution in [2.45, 2.75) is 31.7 Å². The third-order valence-corrected chi connectivity index (χ3v) is 4.68. The van der Waals surface area contributed by atoms with Crippen LogP contribution in [0.5, 0.6) is 0 Å². The van der Waals surface area contributed by atoms with Gasteiger partial charge >= 0.3 is 0 Å². The number of hydrogen-bond acceptors (Lipinski definition) is 3. The zero-order valence-corrected chi connectivity index (χ0v) is 13.7. The van der Waals surface area contributed by atoms with E-state index in [4.69, 9.17) is 20.8 Å². The lowest BCUT2D eigenvalue weighted by Gasteiger charge is -2.38. The predicted molar refractivity (Wildman–Crippen MR) is 88.3 cm³/mol. The summed E-state index contributed by atoms with van der Waals surface area (Å²) >= 11 is 6.19. The summed E-state index contributed by atoms with van der Waals surface area (Å²) in [6, 6.07) is 12.2. The van der Waals surface area contributed by atoms with Gasteiger partial charge in [-0.25, -0.2) is 0 Å². The van der Waals surface area contributed by atoms with Crippen molar-refractivity contribution in [2.75, 3.05) is 19.8 Å². The van der Waals surface area contributed by atoms with Crippen LogP contribution < -0.4 is 5.32 Å². The third kappa shape index (κ3) is 3.54. The summed E-state index contributed by atoms with van der Waals surface area (Å²) in [4.78, 5) is 0. The van der Waals surface area contributed by atoms with Gasteiger partial charge in [0.15, 0.2) is 0 Å². The van der Waals surface area contributed by atoms with Crippen LogP contribution in [-0.2, 0) is 16.7 Å². The number of benzene rings is 1. The largest absolute Gasteiger partial charge is 0.465 e. The molecule has 1 saturated heterocycles. The number of aryl methyl sites for hydroxylation is 1. The lowest BCUT2D eigenvalue weighted by molar-refractivity contribution is 0.0496. The third-order valence-electron chi connectivity index (χ3n) is 4.45. The zero-order chi connectivity index (χ0) is 15.4. The number of hydrogen-bond donors (Lipinski definition) is 1. The second kappa shape index (κ2) is 6.86. The number of rotatable bonds is 5. The number of ether oxygens (including phenoxy) is 1. The maximum absolute atomic E-state index is 6.19. The maximum Gasteiger partial charge on any atom is 0.117 e. The SMILES string of the molecule is Cc1ccc(CNCC2(c3cccc(Cl)c3)CCOCC2)o1. The summed E-state index contributed by atoms with van der Waals surface area (Å²) in [5, 5.41) is 4.35. The molecule has 3 nitrogen and oxygen atoms in total. The standard InChI is InChI=1S/C18H22ClNO2/c1-14-5-6-17(22-14)12-20-13-18(7-9-21-10-8-18)15-3-2-4-16(19)11-15/h2-6,11,20H,7-10,12-13H2,1H3. The van der Waals surface area contributed by atoms with Crippen molar-refractivity contribution >= 4 is 11.6 Å². The fourth-order valence-electron chi connectivity index (χ4n) is 3.15. The van der Waals surface area contributed by atoms with Gasteiger partial charge in [-0.1, -0.05) is 23.7 Å². The van der Waals surface area contributed by atoms with E-state index >= 15 is 0 Å². The molecule has 0 aliphatic carbocycles. The van der Waals surface area contributed by atoms with E-state index in [-0.39, 0.29) is 5.41 Å². The quantitative estimate of drug-likeness (QED) is 0.901. The minimum Gasteiger partial charge on any atom is -0.465 e. The highest BCUT2D eigenvalue weighted by Gasteiger charge is 2.34. The Morgan fingerprint density at radius 3 is 2.68 bits per heavy atom. The first-order chi connectivity index (χ1) is 10.7. The molecule has 0 spiro atoms. The molecule has 118 valence electrons. The van der Waals surface area contributed by atoms with Crippen molar-refractivity contribution in [1.82, 2.24) is 5.32 Å². The van der Waals surface area contributed by atoms with Gasteiger partial charge in [0.05, 0.1) is 6.54 Å². The number of nitrogens with one attached hydrogen (secondary N) is 1. The summed E-state index contributed by atoms with van der Waals surface area (Å²) < 4.78 is 11.2. The van der Waals surface area contributed by atoms with Crippen LogP contribution in [0.1, 0.15) is 29.9 Å². The number of halogens is 1. The molecule has 22 heavy (non-hydrogen) atoms. The lowest BCUT2D eigenvalue weighted by atomic mass is 9.74. The Hall–Kier alpha value is -1.29. The van der Waals surface area contributed by atoms with Crippen molar-refractivity contribution < 1.29 is 9.15 Å². The highest BCUT2D eigenvalue weighted by Crippen LogP contribution is 2.35. The van der Waals surface area contributed by atoms with Crippen LogP contribution >= 0.6 is 11.6 Å². The molecular formula is C18H22ClNO2. The Morgan fingerprint density at radius 1 is 1.18 bits per heavy atom. The molecule has 0 radical (unpaired) electrons. The summed E-state index contributed by atoms with van der Waals surface area (Å²) in [5.41, 5.74) is 1.39. The first kappa shape index (κ1) is 15.6. The van der Waals surface area contributed by atoms with E-state index in [9.17, 15) is 0 Å². The molecular weight excluding hydrogens is 298 g/mol. The zero-order valence-electron chi connectivity index (χ0n) is 12.9. The van der Waals surface area contributed by atoms with Crippen molar-refractivity contribution in [2.24, 2.45) is 0 Å². The van der Waals surface area contributed by atoms with Crippen LogP contribution in [0.15, 0.2) is 40.8 Å². The molecule has 1 aromatic heterocycles. The average Bonchev–Trinajstić information content (AvgIpc) is 2.94. The van der Waals surface area contributed by atoms with E-state index in [0.29, 0.717) is 0 Å². The van der Waals surface area contributed by atoms with E-state index in [0.717, 1.165) is 55.7 Å². The van der Waals surface area contributed by atoms with E-state index in [2.05, 4.69) is 17.4 Å². The van der Waals surface area contributed by atoms with Crippen molar-refractivity contribution in [3.63, 3.8) is 0 Å². The lowest BCUT2D eigenvalue weighted by Crippen LogP contribution is -2.42. The first-order valence-electron chi connectivity index (χ1n) is 7.78. The monoisotopic (exact) mass is 319 g/mol. The van der Waals surface area contributed by atoms with Crippen LogP contribution in [0.2, 0.25) is 5.02 Å². The van der Waals surface area contributed by atoms with Crippen LogP contribution in [0.4, 0.5) is 0 Å². The molecule has 1 aromatic carbocycles. The second-order valence-electron chi connectivity index (χ2n) is 6.02. The summed E-state index contributed by atoms with van der Waals surface area (Å²) in [6.45, 7) is 5.21. The normalized spacial score (nSPS) is 17.5. The summed E-state index contributed by atoms with van der Waals surface area (Å²) in [7, 11) is 0. The first-order valence-corrected chi connectivity index (χ1v) is 8.16. The minimum atomic E-state index is 0.0881. The van der Waals surface area contributed by atoms with Gasteiger partial charge in [0, 0.05) is 30.2 Å². The molecule has 0 atom stereocenters. The second-order valence-corrected chi connectivity index (χ2v) is 6.46. The van der Waals surface area contributed by atoms with Gasteiger partial charge in [0.25, 0.3) is 0 Å². The molecule has 0 bridgehead atoms. The van der Waals surface area contributed by atoms with Gasteiger partial charge in [-0.2, -0.15) is 0 Å². The minimum absolute atomic E-state index is 0.0881. The van der Waals surface area contributed by atoms with Gasteiger partial charge < -0.3 is 14.5 Å². The highest BCUT2D eigenvalue weighted by molar-refractivity contribution is 6.30.